The van der Waals surface area contributed by atoms with Gasteiger partial charge in [-0.3, -0.25) is 0 Å². The zero-order chi connectivity index (χ0) is 13.6. The van der Waals surface area contributed by atoms with Crippen LogP contribution in [0.5, 0.6) is 5.75 Å². The van der Waals surface area contributed by atoms with Crippen LogP contribution in [-0.4, -0.2) is 19.5 Å². The average molecular weight is 270 g/mol. The normalized spacial score (nSPS) is 16.7. The maximum absolute atomic E-state index is 11.3. The molecule has 1 aliphatic carbocycles. The zero-order valence-corrected chi connectivity index (χ0v) is 11.6. The van der Waals surface area contributed by atoms with E-state index < -0.39 is 10.0 Å². The van der Waals surface area contributed by atoms with Gasteiger partial charge in [-0.05, 0) is 24.3 Å². The Morgan fingerprint density at radius 3 is 2.44 bits per heavy atom. The number of hydrogen-bond acceptors (Lipinski definition) is 4. The molecule has 0 saturated heterocycles. The fourth-order valence-electron chi connectivity index (χ4n) is 1.62. The molecule has 0 aromatic carbocycles. The molecule has 1 aromatic rings. The van der Waals surface area contributed by atoms with Crippen molar-refractivity contribution in [1.29, 1.82) is 0 Å². The maximum atomic E-state index is 11.3. The Morgan fingerprint density at radius 1 is 1.39 bits per heavy atom. The molecule has 0 amide bonds. The molecule has 0 spiro atoms. The van der Waals surface area contributed by atoms with Gasteiger partial charge in [0.25, 0.3) is 10.0 Å². The lowest BCUT2D eigenvalue weighted by Crippen LogP contribution is -2.19. The van der Waals surface area contributed by atoms with Crippen molar-refractivity contribution in [2.45, 2.75) is 50.2 Å². The molecule has 1 saturated carbocycles. The minimum Gasteiger partial charge on any atom is -0.489 e. The quantitative estimate of drug-likeness (QED) is 0.903. The van der Waals surface area contributed by atoms with Gasteiger partial charge < -0.3 is 4.74 Å². The van der Waals surface area contributed by atoms with Crippen LogP contribution < -0.4 is 9.88 Å². The molecule has 1 fully saturated rings. The number of nitrogens with zero attached hydrogens (tertiary/aromatic N) is 1. The second kappa shape index (κ2) is 4.20. The second-order valence-electron chi connectivity index (χ2n) is 5.63. The molecular weight excluding hydrogens is 252 g/mol. The average Bonchev–Trinajstić information content (AvgIpc) is 2.98. The summed E-state index contributed by atoms with van der Waals surface area (Å²) in [6.45, 7) is 5.99. The summed E-state index contributed by atoms with van der Waals surface area (Å²) >= 11 is 0. The number of pyridine rings is 1. The van der Waals surface area contributed by atoms with E-state index in [-0.39, 0.29) is 16.5 Å². The minimum absolute atomic E-state index is 0.115. The predicted molar refractivity (Wildman–Crippen MR) is 68.0 cm³/mol. The third-order valence-corrected chi connectivity index (χ3v) is 3.57. The minimum atomic E-state index is -3.78. The lowest BCUT2D eigenvalue weighted by molar-refractivity contribution is 0.293. The maximum Gasteiger partial charge on any atom is 0.255 e. The van der Waals surface area contributed by atoms with Gasteiger partial charge >= 0.3 is 0 Å². The van der Waals surface area contributed by atoms with Gasteiger partial charge in [0.1, 0.15) is 5.75 Å². The molecule has 0 aliphatic heterocycles. The van der Waals surface area contributed by atoms with Crippen LogP contribution in [-0.2, 0) is 15.4 Å². The van der Waals surface area contributed by atoms with Crippen LogP contribution in [0.4, 0.5) is 0 Å². The third kappa shape index (κ3) is 3.00. The van der Waals surface area contributed by atoms with Crippen molar-refractivity contribution >= 4 is 10.0 Å². The lowest BCUT2D eigenvalue weighted by atomic mass is 9.87. The number of rotatable bonds is 3. The van der Waals surface area contributed by atoms with Gasteiger partial charge in [0.2, 0.25) is 0 Å². The molecule has 0 unspecified atom stereocenters. The molecule has 6 heteroatoms. The highest BCUT2D eigenvalue weighted by molar-refractivity contribution is 7.89. The summed E-state index contributed by atoms with van der Waals surface area (Å²) in [5.41, 5.74) is 0.584. The molecule has 18 heavy (non-hydrogen) atoms. The number of ether oxygens (including phenoxy) is 1. The Balaban J connectivity index is 2.47. The first kappa shape index (κ1) is 13.3. The molecule has 0 radical (unpaired) electrons. The third-order valence-electron chi connectivity index (χ3n) is 2.76. The highest BCUT2D eigenvalue weighted by Crippen LogP contribution is 2.35. The standard InChI is InChI=1S/C12H18N2O3S/c1-12(2,3)9-6-11(18(13,15)16)14-7-10(9)17-8-4-5-8/h6-8H,4-5H2,1-3H3,(H2,13,15,16). The summed E-state index contributed by atoms with van der Waals surface area (Å²) in [4.78, 5) is 3.87. The fraction of sp³-hybridized carbons (Fsp3) is 0.583. The van der Waals surface area contributed by atoms with Gasteiger partial charge in [-0.15, -0.1) is 0 Å². The van der Waals surface area contributed by atoms with Crippen molar-refractivity contribution < 1.29 is 13.2 Å². The van der Waals surface area contributed by atoms with Crippen LogP contribution in [0.3, 0.4) is 0 Å². The summed E-state index contributed by atoms with van der Waals surface area (Å²) in [5.74, 6) is 0.650. The Hall–Kier alpha value is -1.14. The molecule has 0 bridgehead atoms. The smallest absolute Gasteiger partial charge is 0.255 e. The molecule has 1 heterocycles. The van der Waals surface area contributed by atoms with E-state index in [1.54, 1.807) is 0 Å². The van der Waals surface area contributed by atoms with Crippen molar-refractivity contribution in [3.05, 3.63) is 17.8 Å². The highest BCUT2D eigenvalue weighted by atomic mass is 32.2. The van der Waals surface area contributed by atoms with Crippen LogP contribution >= 0.6 is 0 Å². The van der Waals surface area contributed by atoms with Gasteiger partial charge in [0.15, 0.2) is 5.03 Å². The van der Waals surface area contributed by atoms with Gasteiger partial charge in [-0.25, -0.2) is 18.5 Å². The van der Waals surface area contributed by atoms with E-state index in [4.69, 9.17) is 9.88 Å². The zero-order valence-electron chi connectivity index (χ0n) is 10.8. The van der Waals surface area contributed by atoms with Crippen molar-refractivity contribution in [2.24, 2.45) is 5.14 Å². The van der Waals surface area contributed by atoms with Gasteiger partial charge in [0.05, 0.1) is 12.3 Å². The molecule has 1 aromatic heterocycles. The van der Waals surface area contributed by atoms with E-state index in [2.05, 4.69) is 4.98 Å². The first-order valence-electron chi connectivity index (χ1n) is 5.88. The number of aromatic nitrogens is 1. The largest absolute Gasteiger partial charge is 0.489 e. The van der Waals surface area contributed by atoms with E-state index in [1.165, 1.54) is 12.3 Å². The number of hydrogen-bond donors (Lipinski definition) is 1. The summed E-state index contributed by atoms with van der Waals surface area (Å²) in [6, 6.07) is 1.51. The number of primary sulfonamides is 1. The molecular formula is C12H18N2O3S. The van der Waals surface area contributed by atoms with Gasteiger partial charge in [0, 0.05) is 5.56 Å². The second-order valence-corrected chi connectivity index (χ2v) is 7.14. The fourth-order valence-corrected chi connectivity index (χ4v) is 2.11. The van der Waals surface area contributed by atoms with E-state index in [9.17, 15) is 8.42 Å². The number of sulfonamides is 1. The first-order chi connectivity index (χ1) is 8.18. The Labute approximate surface area is 107 Å². The molecule has 2 N–H and O–H groups in total. The topological polar surface area (TPSA) is 82.3 Å². The molecule has 5 nitrogen and oxygen atoms in total. The Morgan fingerprint density at radius 2 is 2.00 bits per heavy atom. The van der Waals surface area contributed by atoms with E-state index >= 15 is 0 Å². The van der Waals surface area contributed by atoms with Gasteiger partial charge in [-0.2, -0.15) is 0 Å². The molecule has 0 atom stereocenters. The summed E-state index contributed by atoms with van der Waals surface area (Å²) in [7, 11) is -3.78. The van der Waals surface area contributed by atoms with Crippen LogP contribution in [0.15, 0.2) is 17.3 Å². The molecule has 100 valence electrons. The van der Waals surface area contributed by atoms with E-state index in [1.807, 2.05) is 20.8 Å². The van der Waals surface area contributed by atoms with E-state index in [0.29, 0.717) is 5.75 Å². The SMILES string of the molecule is CC(C)(C)c1cc(S(N)(=O)=O)ncc1OC1CC1. The van der Waals surface area contributed by atoms with Crippen molar-refractivity contribution in [2.75, 3.05) is 0 Å². The Bertz CT molecular complexity index is 557. The van der Waals surface area contributed by atoms with Crippen LogP contribution in [0.1, 0.15) is 39.2 Å². The van der Waals surface area contributed by atoms with Gasteiger partial charge in [-0.1, -0.05) is 20.8 Å². The first-order valence-corrected chi connectivity index (χ1v) is 7.42. The monoisotopic (exact) mass is 270 g/mol. The lowest BCUT2D eigenvalue weighted by Gasteiger charge is -2.23. The molecule has 2 rings (SSSR count). The van der Waals surface area contributed by atoms with Crippen LogP contribution in [0, 0.1) is 0 Å². The van der Waals surface area contributed by atoms with Crippen molar-refractivity contribution in [1.82, 2.24) is 4.98 Å². The van der Waals surface area contributed by atoms with Crippen LogP contribution in [0.25, 0.3) is 0 Å². The van der Waals surface area contributed by atoms with E-state index in [0.717, 1.165) is 18.4 Å². The van der Waals surface area contributed by atoms with Crippen molar-refractivity contribution in [3.63, 3.8) is 0 Å². The predicted octanol–water partition coefficient (Wildman–Crippen LogP) is 1.57. The van der Waals surface area contributed by atoms with Crippen LogP contribution in [0.2, 0.25) is 0 Å². The number of nitrogens with two attached hydrogens (primary N) is 1. The summed E-state index contributed by atoms with van der Waals surface area (Å²) in [5, 5.41) is 4.99. The summed E-state index contributed by atoms with van der Waals surface area (Å²) < 4.78 is 28.4. The van der Waals surface area contributed by atoms with Crippen molar-refractivity contribution in [3.8, 4) is 5.75 Å². The summed E-state index contributed by atoms with van der Waals surface area (Å²) in [6.07, 6.45) is 3.79. The highest BCUT2D eigenvalue weighted by Gasteiger charge is 2.28. The Kier molecular flexibility index (Phi) is 3.11. The molecule has 1 aliphatic rings.